The highest BCUT2D eigenvalue weighted by Gasteiger charge is 2.11. The van der Waals surface area contributed by atoms with Gasteiger partial charge in [0, 0.05) is 18.9 Å². The van der Waals surface area contributed by atoms with Crippen molar-refractivity contribution in [1.82, 2.24) is 9.97 Å². The molecule has 0 bridgehead atoms. The van der Waals surface area contributed by atoms with Crippen molar-refractivity contribution in [2.75, 3.05) is 24.5 Å². The first-order valence-corrected chi connectivity index (χ1v) is 6.32. The zero-order chi connectivity index (χ0) is 13.8. The van der Waals surface area contributed by atoms with Crippen molar-refractivity contribution < 1.29 is 4.74 Å². The highest BCUT2D eigenvalue weighted by molar-refractivity contribution is 9.10. The number of aromatic nitrogens is 2. The molecule has 0 saturated carbocycles. The number of hydrogen-bond donors (Lipinski definition) is 2. The summed E-state index contributed by atoms with van der Waals surface area (Å²) < 4.78 is 5.92. The number of hydrazine groups is 1. The molecule has 0 aliphatic carbocycles. The maximum absolute atomic E-state index is 5.32. The third kappa shape index (κ3) is 2.94. The predicted octanol–water partition coefficient (Wildman–Crippen LogP) is 2.30. The lowest BCUT2D eigenvalue weighted by atomic mass is 10.3. The van der Waals surface area contributed by atoms with Gasteiger partial charge in [-0.15, -0.1) is 0 Å². The SMILES string of the molecule is COc1ccc(N(C)c2nc(NN)ncc2Br)cc1. The Hall–Kier alpha value is -1.86. The van der Waals surface area contributed by atoms with E-state index in [9.17, 15) is 0 Å². The van der Waals surface area contributed by atoms with E-state index in [1.165, 1.54) is 0 Å². The topological polar surface area (TPSA) is 76.3 Å². The van der Waals surface area contributed by atoms with Crippen LogP contribution in [0, 0.1) is 0 Å². The van der Waals surface area contributed by atoms with E-state index in [0.717, 1.165) is 15.9 Å². The molecular formula is C12H14BrN5O. The summed E-state index contributed by atoms with van der Waals surface area (Å²) in [6, 6.07) is 7.68. The summed E-state index contributed by atoms with van der Waals surface area (Å²) in [5.74, 6) is 7.20. The summed E-state index contributed by atoms with van der Waals surface area (Å²) in [6.07, 6.45) is 1.65. The van der Waals surface area contributed by atoms with Crippen molar-refractivity contribution in [2.45, 2.75) is 0 Å². The molecule has 1 aromatic carbocycles. The molecule has 3 N–H and O–H groups in total. The van der Waals surface area contributed by atoms with Gasteiger partial charge in [-0.2, -0.15) is 4.98 Å². The number of nitrogens with zero attached hydrogens (tertiary/aromatic N) is 3. The summed E-state index contributed by atoms with van der Waals surface area (Å²) in [5.41, 5.74) is 3.40. The lowest BCUT2D eigenvalue weighted by Crippen LogP contribution is -2.16. The second kappa shape index (κ2) is 5.85. The molecule has 1 heterocycles. The fourth-order valence-corrected chi connectivity index (χ4v) is 2.05. The van der Waals surface area contributed by atoms with E-state index in [-0.39, 0.29) is 0 Å². The first-order chi connectivity index (χ1) is 9.15. The molecule has 0 fully saturated rings. The minimum atomic E-state index is 0.360. The molecule has 6 nitrogen and oxygen atoms in total. The Kier molecular flexibility index (Phi) is 4.18. The van der Waals surface area contributed by atoms with E-state index in [2.05, 4.69) is 31.3 Å². The van der Waals surface area contributed by atoms with Crippen LogP contribution in [0.25, 0.3) is 0 Å². The van der Waals surface area contributed by atoms with Crippen molar-refractivity contribution in [1.29, 1.82) is 0 Å². The highest BCUT2D eigenvalue weighted by Crippen LogP contribution is 2.30. The third-order valence-corrected chi connectivity index (χ3v) is 3.19. The van der Waals surface area contributed by atoms with Crippen LogP contribution >= 0.6 is 15.9 Å². The number of halogens is 1. The second-order valence-electron chi connectivity index (χ2n) is 3.77. The van der Waals surface area contributed by atoms with Gasteiger partial charge in [-0.3, -0.25) is 5.43 Å². The van der Waals surface area contributed by atoms with Gasteiger partial charge in [0.05, 0.1) is 11.6 Å². The smallest absolute Gasteiger partial charge is 0.239 e. The number of methoxy groups -OCH3 is 1. The average molecular weight is 324 g/mol. The number of benzene rings is 1. The summed E-state index contributed by atoms with van der Waals surface area (Å²) >= 11 is 3.43. The van der Waals surface area contributed by atoms with E-state index in [4.69, 9.17) is 10.6 Å². The lowest BCUT2D eigenvalue weighted by molar-refractivity contribution is 0.415. The number of nitrogens with one attached hydrogen (secondary N) is 1. The molecule has 0 aliphatic heterocycles. The molecule has 0 saturated heterocycles. The Bertz CT molecular complexity index is 561. The Labute approximate surface area is 119 Å². The zero-order valence-electron chi connectivity index (χ0n) is 10.6. The van der Waals surface area contributed by atoms with Crippen LogP contribution in [-0.4, -0.2) is 24.1 Å². The van der Waals surface area contributed by atoms with E-state index in [1.54, 1.807) is 13.3 Å². The molecule has 0 radical (unpaired) electrons. The summed E-state index contributed by atoms with van der Waals surface area (Å²) in [5, 5.41) is 0. The van der Waals surface area contributed by atoms with Gasteiger partial charge < -0.3 is 9.64 Å². The van der Waals surface area contributed by atoms with E-state index in [1.807, 2.05) is 36.2 Å². The van der Waals surface area contributed by atoms with E-state index >= 15 is 0 Å². The molecule has 2 aromatic rings. The molecule has 1 aromatic heterocycles. The Morgan fingerprint density at radius 3 is 2.58 bits per heavy atom. The largest absolute Gasteiger partial charge is 0.497 e. The van der Waals surface area contributed by atoms with Crippen molar-refractivity contribution in [3.8, 4) is 5.75 Å². The standard InChI is InChI=1S/C12H14BrN5O/c1-18(8-3-5-9(19-2)6-4-8)11-10(13)7-15-12(16-11)17-14/h3-7H,14H2,1-2H3,(H,15,16,17). The minimum Gasteiger partial charge on any atom is -0.497 e. The third-order valence-electron chi connectivity index (χ3n) is 2.63. The van der Waals surface area contributed by atoms with Gasteiger partial charge in [-0.05, 0) is 40.2 Å². The van der Waals surface area contributed by atoms with Crippen LogP contribution in [0.3, 0.4) is 0 Å². The lowest BCUT2D eigenvalue weighted by Gasteiger charge is -2.20. The molecule has 0 aliphatic rings. The fraction of sp³-hybridized carbons (Fsp3) is 0.167. The second-order valence-corrected chi connectivity index (χ2v) is 4.62. The normalized spacial score (nSPS) is 10.1. The number of rotatable bonds is 4. The highest BCUT2D eigenvalue weighted by atomic mass is 79.9. The summed E-state index contributed by atoms with van der Waals surface area (Å²) in [7, 11) is 3.55. The van der Waals surface area contributed by atoms with Crippen LogP contribution in [0.2, 0.25) is 0 Å². The average Bonchev–Trinajstić information content (AvgIpc) is 2.47. The van der Waals surface area contributed by atoms with Gasteiger partial charge in [0.2, 0.25) is 5.95 Å². The quantitative estimate of drug-likeness (QED) is 0.664. The van der Waals surface area contributed by atoms with E-state index in [0.29, 0.717) is 11.8 Å². The number of ether oxygens (including phenoxy) is 1. The van der Waals surface area contributed by atoms with Crippen molar-refractivity contribution in [2.24, 2.45) is 5.84 Å². The molecule has 0 amide bonds. The minimum absolute atomic E-state index is 0.360. The molecule has 19 heavy (non-hydrogen) atoms. The van der Waals surface area contributed by atoms with E-state index < -0.39 is 0 Å². The van der Waals surface area contributed by atoms with Crippen molar-refractivity contribution >= 4 is 33.4 Å². The molecule has 7 heteroatoms. The number of anilines is 3. The molecule has 0 unspecified atom stereocenters. The molecular weight excluding hydrogens is 310 g/mol. The van der Waals surface area contributed by atoms with Crippen LogP contribution < -0.4 is 20.9 Å². The summed E-state index contributed by atoms with van der Waals surface area (Å²) in [6.45, 7) is 0. The number of nitrogen functional groups attached to an aromatic ring is 1. The number of hydrogen-bond acceptors (Lipinski definition) is 6. The van der Waals surface area contributed by atoms with Gasteiger partial charge in [-0.25, -0.2) is 10.8 Å². The number of nitrogens with two attached hydrogens (primary N) is 1. The van der Waals surface area contributed by atoms with Crippen molar-refractivity contribution in [3.63, 3.8) is 0 Å². The molecule has 0 spiro atoms. The maximum atomic E-state index is 5.32. The van der Waals surface area contributed by atoms with Gasteiger partial charge in [-0.1, -0.05) is 0 Å². The Morgan fingerprint density at radius 2 is 2.00 bits per heavy atom. The maximum Gasteiger partial charge on any atom is 0.239 e. The summed E-state index contributed by atoms with van der Waals surface area (Å²) in [4.78, 5) is 10.3. The fourth-order valence-electron chi connectivity index (χ4n) is 1.59. The van der Waals surface area contributed by atoms with Gasteiger partial charge in [0.15, 0.2) is 5.82 Å². The first kappa shape index (κ1) is 13.6. The Morgan fingerprint density at radius 1 is 1.32 bits per heavy atom. The Balaban J connectivity index is 2.34. The predicted molar refractivity (Wildman–Crippen MR) is 78.6 cm³/mol. The van der Waals surface area contributed by atoms with Crippen LogP contribution in [0.15, 0.2) is 34.9 Å². The van der Waals surface area contributed by atoms with Crippen molar-refractivity contribution in [3.05, 3.63) is 34.9 Å². The van der Waals surface area contributed by atoms with Crippen LogP contribution in [-0.2, 0) is 0 Å². The first-order valence-electron chi connectivity index (χ1n) is 5.52. The monoisotopic (exact) mass is 323 g/mol. The van der Waals surface area contributed by atoms with Gasteiger partial charge in [0.25, 0.3) is 0 Å². The van der Waals surface area contributed by atoms with Crippen LogP contribution in [0.1, 0.15) is 0 Å². The van der Waals surface area contributed by atoms with Gasteiger partial charge >= 0.3 is 0 Å². The molecule has 2 rings (SSSR count). The molecule has 100 valence electrons. The van der Waals surface area contributed by atoms with Crippen LogP contribution in [0.4, 0.5) is 17.5 Å². The molecule has 0 atom stereocenters. The van der Waals surface area contributed by atoms with Gasteiger partial charge in [0.1, 0.15) is 5.75 Å². The zero-order valence-corrected chi connectivity index (χ0v) is 12.2. The van der Waals surface area contributed by atoms with Crippen LogP contribution in [0.5, 0.6) is 5.75 Å².